The van der Waals surface area contributed by atoms with Crippen molar-refractivity contribution in [1.29, 1.82) is 0 Å². The van der Waals surface area contributed by atoms with Crippen LogP contribution in [0.25, 0.3) is 0 Å². The fraction of sp³-hybridized carbons (Fsp3) is 0. The Morgan fingerprint density at radius 2 is 1.32 bits per heavy atom. The average molecular weight is 426 g/mol. The van der Waals surface area contributed by atoms with Crippen LogP contribution >= 0.6 is 0 Å². The van der Waals surface area contributed by atoms with Gasteiger partial charge in [-0.05, 0) is 42.5 Å². The zero-order chi connectivity index (χ0) is 22.5. The van der Waals surface area contributed by atoms with Gasteiger partial charge < -0.3 is 26.8 Å². The summed E-state index contributed by atoms with van der Waals surface area (Å²) in [7, 11) is 0. The number of nitrogens with two attached hydrogens (primary N) is 1. The lowest BCUT2D eigenvalue weighted by atomic mass is 10.1. The molecule has 0 atom stereocenters. The first-order chi connectivity index (χ1) is 14.7. The zero-order valence-electron chi connectivity index (χ0n) is 15.8. The van der Waals surface area contributed by atoms with Crippen LogP contribution in [0.5, 0.6) is 5.75 Å². The first-order valence-corrected chi connectivity index (χ1v) is 8.79. The molecule has 0 saturated carbocycles. The quantitative estimate of drug-likeness (QED) is 0.426. The molecule has 0 aromatic heterocycles. The van der Waals surface area contributed by atoms with Gasteiger partial charge in [-0.15, -0.1) is 0 Å². The van der Waals surface area contributed by atoms with E-state index in [0.717, 1.165) is 18.2 Å². The van der Waals surface area contributed by atoms with E-state index in [1.54, 1.807) is 18.2 Å². The molecule has 0 aliphatic rings. The molecule has 0 saturated heterocycles. The number of anilines is 3. The lowest BCUT2D eigenvalue weighted by Crippen LogP contribution is -2.19. The molecule has 0 heterocycles. The van der Waals surface area contributed by atoms with E-state index < -0.39 is 35.2 Å². The summed E-state index contributed by atoms with van der Waals surface area (Å²) in [6.45, 7) is 0. The average Bonchev–Trinajstić information content (AvgIpc) is 2.67. The van der Waals surface area contributed by atoms with Crippen LogP contribution in [-0.2, 0) is 0 Å². The predicted octanol–water partition coefficient (Wildman–Crippen LogP) is 3.67. The van der Waals surface area contributed by atoms with E-state index in [-0.39, 0.29) is 16.8 Å². The highest BCUT2D eigenvalue weighted by Gasteiger charge is 2.15. The predicted molar refractivity (Wildman–Crippen MR) is 110 cm³/mol. The first kappa shape index (κ1) is 21.2. The number of halogens is 2. The van der Waals surface area contributed by atoms with Gasteiger partial charge in [-0.2, -0.15) is 0 Å². The minimum Gasteiger partial charge on any atom is -0.507 e. The third-order valence-electron chi connectivity index (χ3n) is 4.01. The van der Waals surface area contributed by atoms with E-state index in [2.05, 4.69) is 16.0 Å². The number of hydrogen-bond donors (Lipinski definition) is 5. The molecular weight excluding hydrogens is 410 g/mol. The van der Waals surface area contributed by atoms with Crippen LogP contribution in [0.1, 0.15) is 20.7 Å². The highest BCUT2D eigenvalue weighted by Crippen LogP contribution is 2.24. The van der Waals surface area contributed by atoms with Crippen LogP contribution in [0.2, 0.25) is 0 Å². The summed E-state index contributed by atoms with van der Waals surface area (Å²) in [5.41, 5.74) is 5.51. The van der Waals surface area contributed by atoms with Gasteiger partial charge in [-0.3, -0.25) is 9.59 Å². The molecule has 3 aromatic rings. The van der Waals surface area contributed by atoms with Gasteiger partial charge in [0.05, 0.1) is 5.56 Å². The van der Waals surface area contributed by atoms with Crippen LogP contribution in [0.15, 0.2) is 60.7 Å². The van der Waals surface area contributed by atoms with Crippen molar-refractivity contribution in [1.82, 2.24) is 0 Å². The third kappa shape index (κ3) is 5.54. The normalized spacial score (nSPS) is 10.3. The highest BCUT2D eigenvalue weighted by molar-refractivity contribution is 6.08. The largest absolute Gasteiger partial charge is 0.507 e. The Labute approximate surface area is 174 Å². The summed E-state index contributed by atoms with van der Waals surface area (Å²) >= 11 is 0. The van der Waals surface area contributed by atoms with Crippen molar-refractivity contribution in [3.8, 4) is 5.75 Å². The van der Waals surface area contributed by atoms with Crippen LogP contribution in [0.3, 0.4) is 0 Å². The number of primary amides is 1. The fourth-order valence-corrected chi connectivity index (χ4v) is 2.70. The molecule has 0 aliphatic heterocycles. The molecule has 0 spiro atoms. The molecule has 0 unspecified atom stereocenters. The standard InChI is InChI=1S/C21H16F2N4O4/c22-12-6-11(7-13(23)8-12)19(29)25-16-4-5-17(18(28)10-16)20(30)26-14-2-1-3-15(9-14)27-21(24)31/h1-10,28H,(H,25,29)(H,26,30)(H3,24,27,31). The summed E-state index contributed by atoms with van der Waals surface area (Å²) in [6.07, 6.45) is 0. The van der Waals surface area contributed by atoms with E-state index in [0.29, 0.717) is 17.4 Å². The summed E-state index contributed by atoms with van der Waals surface area (Å²) in [6, 6.07) is 11.5. The fourth-order valence-electron chi connectivity index (χ4n) is 2.70. The van der Waals surface area contributed by atoms with Gasteiger partial charge >= 0.3 is 6.03 Å². The molecule has 0 radical (unpaired) electrons. The van der Waals surface area contributed by atoms with Gasteiger partial charge in [0.25, 0.3) is 11.8 Å². The second kappa shape index (κ2) is 8.91. The second-order valence-corrected chi connectivity index (χ2v) is 6.37. The van der Waals surface area contributed by atoms with E-state index in [1.165, 1.54) is 18.2 Å². The molecule has 8 nitrogen and oxygen atoms in total. The van der Waals surface area contributed by atoms with Gasteiger partial charge in [0.15, 0.2) is 0 Å². The van der Waals surface area contributed by atoms with Crippen LogP contribution in [0, 0.1) is 11.6 Å². The lowest BCUT2D eigenvalue weighted by molar-refractivity contribution is 0.101. The Hall–Kier alpha value is -4.47. The Bertz CT molecular complexity index is 1160. The van der Waals surface area contributed by atoms with Crippen LogP contribution in [-0.4, -0.2) is 23.0 Å². The van der Waals surface area contributed by atoms with E-state index in [9.17, 15) is 28.3 Å². The molecule has 4 amide bonds. The van der Waals surface area contributed by atoms with Crippen molar-refractivity contribution in [3.63, 3.8) is 0 Å². The molecular formula is C21H16F2N4O4. The Balaban J connectivity index is 1.72. The molecule has 158 valence electrons. The maximum atomic E-state index is 13.3. The van der Waals surface area contributed by atoms with Crippen molar-refractivity contribution in [2.45, 2.75) is 0 Å². The highest BCUT2D eigenvalue weighted by atomic mass is 19.1. The summed E-state index contributed by atoms with van der Waals surface area (Å²) < 4.78 is 26.5. The number of nitrogens with one attached hydrogen (secondary N) is 3. The molecule has 0 bridgehead atoms. The monoisotopic (exact) mass is 426 g/mol. The van der Waals surface area contributed by atoms with Gasteiger partial charge in [0.1, 0.15) is 17.4 Å². The summed E-state index contributed by atoms with van der Waals surface area (Å²) in [5.74, 6) is -3.70. The summed E-state index contributed by atoms with van der Waals surface area (Å²) in [4.78, 5) is 35.5. The number of phenolic OH excluding ortho intramolecular Hbond substituents is 1. The van der Waals surface area contributed by atoms with E-state index >= 15 is 0 Å². The zero-order valence-corrected chi connectivity index (χ0v) is 15.8. The molecule has 31 heavy (non-hydrogen) atoms. The van der Waals surface area contributed by atoms with Gasteiger partial charge in [0.2, 0.25) is 0 Å². The maximum absolute atomic E-state index is 13.3. The van der Waals surface area contributed by atoms with Gasteiger partial charge in [-0.25, -0.2) is 13.6 Å². The number of amides is 4. The Morgan fingerprint density at radius 1 is 0.742 bits per heavy atom. The van der Waals surface area contributed by atoms with Crippen LogP contribution < -0.4 is 21.7 Å². The van der Waals surface area contributed by atoms with Gasteiger partial charge in [0, 0.05) is 34.8 Å². The minimum atomic E-state index is -0.907. The molecule has 3 rings (SSSR count). The number of carbonyl (C=O) groups excluding carboxylic acids is 3. The molecule has 3 aromatic carbocycles. The molecule has 6 N–H and O–H groups in total. The molecule has 0 aliphatic carbocycles. The van der Waals surface area contributed by atoms with E-state index in [4.69, 9.17) is 5.73 Å². The smallest absolute Gasteiger partial charge is 0.316 e. The van der Waals surface area contributed by atoms with Crippen molar-refractivity contribution >= 4 is 34.9 Å². The number of aromatic hydroxyl groups is 1. The minimum absolute atomic E-state index is 0.0944. The Kier molecular flexibility index (Phi) is 6.10. The maximum Gasteiger partial charge on any atom is 0.316 e. The molecule has 10 heteroatoms. The van der Waals surface area contributed by atoms with E-state index in [1.807, 2.05) is 0 Å². The van der Waals surface area contributed by atoms with Crippen molar-refractivity contribution in [3.05, 3.63) is 83.4 Å². The number of hydrogen-bond acceptors (Lipinski definition) is 4. The number of benzene rings is 3. The first-order valence-electron chi connectivity index (χ1n) is 8.79. The number of phenols is 1. The van der Waals surface area contributed by atoms with Crippen molar-refractivity contribution in [2.75, 3.05) is 16.0 Å². The van der Waals surface area contributed by atoms with Crippen molar-refractivity contribution < 1.29 is 28.3 Å². The number of urea groups is 1. The number of rotatable bonds is 5. The Morgan fingerprint density at radius 3 is 1.94 bits per heavy atom. The summed E-state index contributed by atoms with van der Waals surface area (Å²) in [5, 5.41) is 17.5. The third-order valence-corrected chi connectivity index (χ3v) is 4.01. The SMILES string of the molecule is NC(=O)Nc1cccc(NC(=O)c2ccc(NC(=O)c3cc(F)cc(F)c3)cc2O)c1. The second-order valence-electron chi connectivity index (χ2n) is 6.37. The van der Waals surface area contributed by atoms with Crippen LogP contribution in [0.4, 0.5) is 30.6 Å². The lowest BCUT2D eigenvalue weighted by Gasteiger charge is -2.11. The van der Waals surface area contributed by atoms with Crippen molar-refractivity contribution in [2.24, 2.45) is 5.73 Å². The molecule has 0 fully saturated rings. The van der Waals surface area contributed by atoms with Gasteiger partial charge in [-0.1, -0.05) is 6.07 Å². The topological polar surface area (TPSA) is 134 Å². The number of carbonyl (C=O) groups is 3.